The van der Waals surface area contributed by atoms with Crippen LogP contribution in [-0.4, -0.2) is 40.4 Å². The highest BCUT2D eigenvalue weighted by atomic mass is 79.9. The number of carbonyl (C=O) groups excluding carboxylic acids is 2. The number of hydrogen-bond acceptors (Lipinski definition) is 4. The summed E-state index contributed by atoms with van der Waals surface area (Å²) in [4.78, 5) is 27.5. The van der Waals surface area contributed by atoms with Gasteiger partial charge >= 0.3 is 0 Å². The molecule has 27 heavy (non-hydrogen) atoms. The number of nitrogens with zero attached hydrogens (tertiary/aromatic N) is 1. The number of aryl methyl sites for hydroxylation is 1. The Kier molecular flexibility index (Phi) is 8.63. The number of rotatable bonds is 8. The maximum atomic E-state index is 12.9. The van der Waals surface area contributed by atoms with Crippen LogP contribution in [0, 0.1) is 5.92 Å². The fourth-order valence-electron chi connectivity index (χ4n) is 3.35. The summed E-state index contributed by atoms with van der Waals surface area (Å²) in [6.45, 7) is 8.14. The maximum absolute atomic E-state index is 12.9. The number of hydrogen-bond donors (Lipinski definition) is 2. The van der Waals surface area contributed by atoms with Crippen LogP contribution in [0.15, 0.2) is 24.3 Å². The molecule has 1 fully saturated rings. The maximum Gasteiger partial charge on any atom is 0.244 e. The van der Waals surface area contributed by atoms with Crippen LogP contribution in [0.25, 0.3) is 0 Å². The molecule has 150 valence electrons. The highest BCUT2D eigenvalue weighted by molar-refractivity contribution is 9.08. The molecule has 0 aromatic heterocycles. The molecule has 1 aromatic carbocycles. The van der Waals surface area contributed by atoms with Crippen LogP contribution in [0.4, 0.5) is 0 Å². The molecule has 5 nitrogen and oxygen atoms in total. The van der Waals surface area contributed by atoms with E-state index < -0.39 is 6.04 Å². The van der Waals surface area contributed by atoms with E-state index in [1.807, 2.05) is 32.9 Å². The predicted octanol–water partition coefficient (Wildman–Crippen LogP) is 3.64. The minimum absolute atomic E-state index is 0.0361. The van der Waals surface area contributed by atoms with Crippen molar-refractivity contribution in [3.63, 3.8) is 0 Å². The Hall–Kier alpha value is -1.05. The second-order valence-electron chi connectivity index (χ2n) is 7.33. The number of nitrogens with one attached hydrogen (secondary N) is 2. The van der Waals surface area contributed by atoms with Crippen LogP contribution in [0.3, 0.4) is 0 Å². The van der Waals surface area contributed by atoms with Gasteiger partial charge in [0.2, 0.25) is 11.8 Å². The van der Waals surface area contributed by atoms with Crippen LogP contribution in [0.2, 0.25) is 0 Å². The average molecular weight is 456 g/mol. The Balaban J connectivity index is 2.09. The molecule has 2 N–H and O–H groups in total. The summed E-state index contributed by atoms with van der Waals surface area (Å²) in [5, 5.41) is 3.13. The molecule has 1 aliphatic heterocycles. The summed E-state index contributed by atoms with van der Waals surface area (Å²) < 4.78 is 2.91. The van der Waals surface area contributed by atoms with E-state index >= 15 is 0 Å². The molecule has 1 saturated heterocycles. The van der Waals surface area contributed by atoms with Gasteiger partial charge in [-0.3, -0.25) is 9.59 Å². The van der Waals surface area contributed by atoms with E-state index in [1.165, 1.54) is 5.56 Å². The van der Waals surface area contributed by atoms with Crippen molar-refractivity contribution in [2.75, 3.05) is 11.6 Å². The molecule has 0 bridgehead atoms. The van der Waals surface area contributed by atoms with Crippen molar-refractivity contribution in [1.29, 1.82) is 0 Å². The van der Waals surface area contributed by atoms with Gasteiger partial charge in [-0.05, 0) is 30.4 Å². The second kappa shape index (κ2) is 10.5. The zero-order valence-electron chi connectivity index (χ0n) is 16.5. The first-order valence-electron chi connectivity index (χ1n) is 9.53. The van der Waals surface area contributed by atoms with Crippen LogP contribution >= 0.6 is 27.9 Å². The monoisotopic (exact) mass is 455 g/mol. The first kappa shape index (κ1) is 22.2. The van der Waals surface area contributed by atoms with Crippen molar-refractivity contribution in [2.24, 2.45) is 5.92 Å². The predicted molar refractivity (Wildman–Crippen MR) is 116 cm³/mol. The van der Waals surface area contributed by atoms with E-state index in [0.29, 0.717) is 11.6 Å². The van der Waals surface area contributed by atoms with Gasteiger partial charge in [0.1, 0.15) is 6.04 Å². The topological polar surface area (TPSA) is 61.4 Å². The van der Waals surface area contributed by atoms with Gasteiger partial charge in [-0.25, -0.2) is 4.34 Å². The SMILES string of the molecule is CCCc1ccccc1[C@@H](C)NC(=O)[C@@H]1CSCN1C(=O)[C@@H](NBr)C(C)C. The lowest BCUT2D eigenvalue weighted by Crippen LogP contribution is -2.53. The highest BCUT2D eigenvalue weighted by Crippen LogP contribution is 2.25. The lowest BCUT2D eigenvalue weighted by molar-refractivity contribution is -0.140. The molecule has 3 atom stereocenters. The van der Waals surface area contributed by atoms with E-state index in [1.54, 1.807) is 16.7 Å². The van der Waals surface area contributed by atoms with Crippen molar-refractivity contribution < 1.29 is 9.59 Å². The van der Waals surface area contributed by atoms with E-state index in [-0.39, 0.29) is 29.8 Å². The smallest absolute Gasteiger partial charge is 0.244 e. The van der Waals surface area contributed by atoms with Crippen molar-refractivity contribution in [3.05, 3.63) is 35.4 Å². The molecule has 7 heteroatoms. The minimum Gasteiger partial charge on any atom is -0.348 e. The van der Waals surface area contributed by atoms with Crippen molar-refractivity contribution in [1.82, 2.24) is 14.6 Å². The summed E-state index contributed by atoms with van der Waals surface area (Å²) in [6.07, 6.45) is 2.06. The van der Waals surface area contributed by atoms with Gasteiger partial charge in [0.05, 0.1) is 18.0 Å². The minimum atomic E-state index is -0.426. The molecular formula is C20H30BrN3O2S. The highest BCUT2D eigenvalue weighted by Gasteiger charge is 2.38. The van der Waals surface area contributed by atoms with Crippen molar-refractivity contribution in [3.8, 4) is 0 Å². The van der Waals surface area contributed by atoms with Crippen LogP contribution < -0.4 is 9.66 Å². The Morgan fingerprint density at radius 2 is 2.00 bits per heavy atom. The quantitative estimate of drug-likeness (QED) is 0.587. The van der Waals surface area contributed by atoms with Crippen LogP contribution in [0.1, 0.15) is 51.3 Å². The van der Waals surface area contributed by atoms with Crippen molar-refractivity contribution in [2.45, 2.75) is 58.7 Å². The zero-order chi connectivity index (χ0) is 20.0. The first-order valence-corrected chi connectivity index (χ1v) is 11.5. The van der Waals surface area contributed by atoms with E-state index in [9.17, 15) is 9.59 Å². The molecule has 0 radical (unpaired) electrons. The molecule has 0 unspecified atom stereocenters. The number of carbonyl (C=O) groups is 2. The van der Waals surface area contributed by atoms with Gasteiger partial charge < -0.3 is 10.2 Å². The number of thioether (sulfide) groups is 1. The Labute approximate surface area is 175 Å². The number of halogens is 1. The second-order valence-corrected chi connectivity index (χ2v) is 8.79. The largest absolute Gasteiger partial charge is 0.348 e. The van der Waals surface area contributed by atoms with Gasteiger partial charge in [0.15, 0.2) is 0 Å². The van der Waals surface area contributed by atoms with Crippen molar-refractivity contribution >= 4 is 39.7 Å². The molecule has 1 aliphatic rings. The average Bonchev–Trinajstić information content (AvgIpc) is 3.12. The summed E-state index contributed by atoms with van der Waals surface area (Å²) in [6, 6.07) is 7.39. The van der Waals surface area contributed by atoms with Crippen LogP contribution in [0.5, 0.6) is 0 Å². The standard InChI is InChI=1S/C20H30BrN3O2S/c1-5-8-15-9-6-7-10-16(15)14(4)22-19(25)17-11-27-12-24(17)20(26)18(23-21)13(2)3/h6-7,9-10,13-14,17-18,23H,5,8,11-12H2,1-4H3,(H,22,25)/t14-,17+,18+/m1/s1. The zero-order valence-corrected chi connectivity index (χ0v) is 18.9. The van der Waals surface area contributed by atoms with Gasteiger partial charge in [0.25, 0.3) is 0 Å². The van der Waals surface area contributed by atoms with E-state index in [4.69, 9.17) is 0 Å². The molecule has 2 rings (SSSR count). The summed E-state index contributed by atoms with van der Waals surface area (Å²) in [5.41, 5.74) is 2.42. The van der Waals surface area contributed by atoms with E-state index in [0.717, 1.165) is 18.4 Å². The molecule has 2 amide bonds. The Morgan fingerprint density at radius 3 is 2.63 bits per heavy atom. The summed E-state index contributed by atoms with van der Waals surface area (Å²) in [5.74, 6) is 1.20. The number of amides is 2. The van der Waals surface area contributed by atoms with Gasteiger partial charge in [-0.2, -0.15) is 0 Å². The Bertz CT molecular complexity index is 656. The molecule has 0 spiro atoms. The molecule has 0 saturated carbocycles. The summed E-state index contributed by atoms with van der Waals surface area (Å²) >= 11 is 4.83. The normalized spacial score (nSPS) is 19.2. The van der Waals surface area contributed by atoms with E-state index in [2.05, 4.69) is 44.9 Å². The number of benzene rings is 1. The lowest BCUT2D eigenvalue weighted by Gasteiger charge is -2.29. The third-order valence-electron chi connectivity index (χ3n) is 4.92. The third-order valence-corrected chi connectivity index (χ3v) is 6.42. The van der Waals surface area contributed by atoms with Gasteiger partial charge in [0, 0.05) is 21.9 Å². The third kappa shape index (κ3) is 5.48. The molecule has 0 aliphatic carbocycles. The molecule has 1 heterocycles. The van der Waals surface area contributed by atoms with Gasteiger partial charge in [-0.15, -0.1) is 11.8 Å². The first-order chi connectivity index (χ1) is 12.9. The lowest BCUT2D eigenvalue weighted by atomic mass is 9.98. The Morgan fingerprint density at radius 1 is 1.30 bits per heavy atom. The fraction of sp³-hybridized carbons (Fsp3) is 0.600. The van der Waals surface area contributed by atoms with Gasteiger partial charge in [-0.1, -0.05) is 51.5 Å². The van der Waals surface area contributed by atoms with Crippen LogP contribution in [-0.2, 0) is 16.0 Å². The fourth-order valence-corrected chi connectivity index (χ4v) is 5.24. The summed E-state index contributed by atoms with van der Waals surface area (Å²) in [7, 11) is 0. The molecular weight excluding hydrogens is 426 g/mol. The molecule has 1 aromatic rings.